The molecule has 2 atom stereocenters. The third-order valence-corrected chi connectivity index (χ3v) is 4.90. The molecule has 0 saturated heterocycles. The normalized spacial score (nSPS) is 25.2. The van der Waals surface area contributed by atoms with E-state index in [1.807, 2.05) is 0 Å². The van der Waals surface area contributed by atoms with Gasteiger partial charge in [-0.05, 0) is 54.9 Å². The Bertz CT molecular complexity index is 582. The molecule has 22 heavy (non-hydrogen) atoms. The van der Waals surface area contributed by atoms with Crippen molar-refractivity contribution in [1.82, 2.24) is 4.90 Å². The topological polar surface area (TPSA) is 20.3 Å². The molecule has 1 unspecified atom stereocenters. The first-order valence-electron chi connectivity index (χ1n) is 7.82. The Morgan fingerprint density at radius 2 is 2.00 bits per heavy atom. The van der Waals surface area contributed by atoms with Gasteiger partial charge in [0.1, 0.15) is 0 Å². The number of carbonyl (C=O) groups is 1. The molecule has 2 aliphatic rings. The maximum Gasteiger partial charge on any atom is 0.416 e. The molecular weight excluding hydrogens is 291 g/mol. The highest BCUT2D eigenvalue weighted by Gasteiger charge is 2.34. The molecule has 1 heterocycles. The van der Waals surface area contributed by atoms with Crippen LogP contribution in [0, 0.1) is 11.8 Å². The van der Waals surface area contributed by atoms with Crippen molar-refractivity contribution in [3.63, 3.8) is 0 Å². The average molecular weight is 311 g/mol. The fourth-order valence-corrected chi connectivity index (χ4v) is 3.61. The van der Waals surface area contributed by atoms with Crippen LogP contribution in [0.15, 0.2) is 18.2 Å². The van der Waals surface area contributed by atoms with Crippen molar-refractivity contribution >= 4 is 5.91 Å². The van der Waals surface area contributed by atoms with Crippen LogP contribution in [0.4, 0.5) is 13.2 Å². The number of fused-ring (bicyclic) bond motifs is 1. The molecule has 1 amide bonds. The number of benzene rings is 1. The third-order valence-electron chi connectivity index (χ3n) is 4.90. The monoisotopic (exact) mass is 311 g/mol. The summed E-state index contributed by atoms with van der Waals surface area (Å²) in [6.07, 6.45) is -0.806. The summed E-state index contributed by atoms with van der Waals surface area (Å²) in [5, 5.41) is 0. The van der Waals surface area contributed by atoms with Crippen molar-refractivity contribution in [2.45, 2.75) is 45.3 Å². The number of nitrogens with zero attached hydrogens (tertiary/aromatic N) is 1. The molecule has 1 aliphatic heterocycles. The van der Waals surface area contributed by atoms with Crippen molar-refractivity contribution < 1.29 is 18.0 Å². The summed E-state index contributed by atoms with van der Waals surface area (Å²) in [5.74, 6) is 0.748. The van der Waals surface area contributed by atoms with Gasteiger partial charge < -0.3 is 4.90 Å². The van der Waals surface area contributed by atoms with Crippen molar-refractivity contribution in [2.75, 3.05) is 6.54 Å². The van der Waals surface area contributed by atoms with Crippen LogP contribution in [0.25, 0.3) is 0 Å². The number of alkyl halides is 3. The van der Waals surface area contributed by atoms with Crippen LogP contribution in [0.1, 0.15) is 42.9 Å². The maximum absolute atomic E-state index is 12.8. The number of amides is 1. The Morgan fingerprint density at radius 1 is 1.23 bits per heavy atom. The first-order chi connectivity index (χ1) is 10.3. The lowest BCUT2D eigenvalue weighted by Gasteiger charge is -2.31. The van der Waals surface area contributed by atoms with Gasteiger partial charge in [-0.15, -0.1) is 0 Å². The molecule has 1 aliphatic carbocycles. The fourth-order valence-electron chi connectivity index (χ4n) is 3.61. The second kappa shape index (κ2) is 5.60. The molecular formula is C17H20F3NO. The number of hydrogen-bond donors (Lipinski definition) is 0. The molecule has 0 aromatic heterocycles. The van der Waals surface area contributed by atoms with Gasteiger partial charge in [0.15, 0.2) is 0 Å². The van der Waals surface area contributed by atoms with Crippen LogP contribution in [0.5, 0.6) is 0 Å². The molecule has 0 radical (unpaired) electrons. The lowest BCUT2D eigenvalue weighted by Crippen LogP contribution is -2.39. The summed E-state index contributed by atoms with van der Waals surface area (Å²) in [4.78, 5) is 14.3. The number of hydrogen-bond acceptors (Lipinski definition) is 1. The molecule has 0 N–H and O–H groups in total. The summed E-state index contributed by atoms with van der Waals surface area (Å²) in [6.45, 7) is 3.07. The minimum absolute atomic E-state index is 0.0577. The molecule has 120 valence electrons. The fraction of sp³-hybridized carbons (Fsp3) is 0.588. The van der Waals surface area contributed by atoms with E-state index in [9.17, 15) is 18.0 Å². The van der Waals surface area contributed by atoms with E-state index in [0.29, 0.717) is 31.0 Å². The summed E-state index contributed by atoms with van der Waals surface area (Å²) in [6, 6.07) is 3.89. The highest BCUT2D eigenvalue weighted by Crippen LogP contribution is 2.35. The van der Waals surface area contributed by atoms with Gasteiger partial charge in [-0.3, -0.25) is 4.79 Å². The summed E-state index contributed by atoms with van der Waals surface area (Å²) >= 11 is 0. The molecule has 3 rings (SSSR count). The zero-order chi connectivity index (χ0) is 15.9. The van der Waals surface area contributed by atoms with Crippen LogP contribution < -0.4 is 0 Å². The smallest absolute Gasteiger partial charge is 0.338 e. The van der Waals surface area contributed by atoms with Gasteiger partial charge in [-0.2, -0.15) is 13.2 Å². The summed E-state index contributed by atoms with van der Waals surface area (Å²) < 4.78 is 38.5. The highest BCUT2D eigenvalue weighted by atomic mass is 19.4. The van der Waals surface area contributed by atoms with Gasteiger partial charge in [0.2, 0.25) is 5.91 Å². The second-order valence-corrected chi connectivity index (χ2v) is 6.61. The van der Waals surface area contributed by atoms with E-state index in [4.69, 9.17) is 0 Å². The van der Waals surface area contributed by atoms with Crippen LogP contribution >= 0.6 is 0 Å². The lowest BCUT2D eigenvalue weighted by molar-refractivity contribution is -0.137. The Kier molecular flexibility index (Phi) is 3.91. The van der Waals surface area contributed by atoms with E-state index < -0.39 is 11.7 Å². The zero-order valence-corrected chi connectivity index (χ0v) is 12.6. The van der Waals surface area contributed by atoms with E-state index >= 15 is 0 Å². The summed E-state index contributed by atoms with van der Waals surface area (Å²) in [5.41, 5.74) is 0.937. The standard InChI is InChI=1S/C17H20F3NO/c1-11-2-3-13(8-11)16(22)21-7-6-12-4-5-15(17(18,19)20)9-14(12)10-21/h4-5,9,11,13H,2-3,6-8,10H2,1H3/t11?,13-/m0/s1. The second-order valence-electron chi connectivity index (χ2n) is 6.61. The van der Waals surface area contributed by atoms with Gasteiger partial charge in [-0.25, -0.2) is 0 Å². The molecule has 5 heteroatoms. The van der Waals surface area contributed by atoms with Gasteiger partial charge >= 0.3 is 6.18 Å². The quantitative estimate of drug-likeness (QED) is 0.767. The molecule has 1 saturated carbocycles. The molecule has 1 aromatic carbocycles. The maximum atomic E-state index is 12.8. The number of carbonyl (C=O) groups excluding carboxylic acids is 1. The predicted octanol–water partition coefficient (Wildman–Crippen LogP) is 4.03. The average Bonchev–Trinajstić information content (AvgIpc) is 2.91. The van der Waals surface area contributed by atoms with Crippen LogP contribution in [0.3, 0.4) is 0 Å². The van der Waals surface area contributed by atoms with Crippen molar-refractivity contribution in [3.8, 4) is 0 Å². The Balaban J connectivity index is 1.76. The number of halogens is 3. The van der Waals surface area contributed by atoms with E-state index in [2.05, 4.69) is 6.92 Å². The van der Waals surface area contributed by atoms with Crippen LogP contribution in [-0.2, 0) is 23.9 Å². The first kappa shape index (κ1) is 15.4. The predicted molar refractivity (Wildman–Crippen MR) is 77.1 cm³/mol. The van der Waals surface area contributed by atoms with E-state index in [1.165, 1.54) is 6.07 Å². The van der Waals surface area contributed by atoms with E-state index in [1.54, 1.807) is 11.0 Å². The minimum atomic E-state index is -4.33. The van der Waals surface area contributed by atoms with E-state index in [-0.39, 0.29) is 11.8 Å². The van der Waals surface area contributed by atoms with Crippen molar-refractivity contribution in [2.24, 2.45) is 11.8 Å². The Labute approximate surface area is 128 Å². The number of rotatable bonds is 1. The minimum Gasteiger partial charge on any atom is -0.338 e. The van der Waals surface area contributed by atoms with Crippen LogP contribution in [0.2, 0.25) is 0 Å². The molecule has 1 aromatic rings. The van der Waals surface area contributed by atoms with Gasteiger partial charge in [-0.1, -0.05) is 13.0 Å². The van der Waals surface area contributed by atoms with Gasteiger partial charge in [0.05, 0.1) is 5.56 Å². The zero-order valence-electron chi connectivity index (χ0n) is 12.6. The van der Waals surface area contributed by atoms with E-state index in [0.717, 1.165) is 30.9 Å². The Morgan fingerprint density at radius 3 is 2.64 bits per heavy atom. The largest absolute Gasteiger partial charge is 0.416 e. The molecule has 0 bridgehead atoms. The SMILES string of the molecule is CC1CC[C@H](C(=O)N2CCc3ccc(C(F)(F)F)cc3C2)C1. The molecule has 2 nitrogen and oxygen atoms in total. The van der Waals surface area contributed by atoms with Crippen LogP contribution in [-0.4, -0.2) is 17.4 Å². The Hall–Kier alpha value is -1.52. The van der Waals surface area contributed by atoms with Crippen molar-refractivity contribution in [3.05, 3.63) is 34.9 Å². The highest BCUT2D eigenvalue weighted by molar-refractivity contribution is 5.79. The summed E-state index contributed by atoms with van der Waals surface area (Å²) in [7, 11) is 0. The first-order valence-corrected chi connectivity index (χ1v) is 7.82. The van der Waals surface area contributed by atoms with Crippen molar-refractivity contribution in [1.29, 1.82) is 0 Å². The third kappa shape index (κ3) is 2.99. The van der Waals surface area contributed by atoms with Gasteiger partial charge in [0.25, 0.3) is 0 Å². The lowest BCUT2D eigenvalue weighted by atomic mass is 9.95. The van der Waals surface area contributed by atoms with Gasteiger partial charge in [0, 0.05) is 19.0 Å². The molecule has 1 fully saturated rings. The molecule has 0 spiro atoms.